The number of nitrogens with zero attached hydrogens (tertiary/aromatic N) is 4. The molecule has 0 saturated heterocycles. The molecule has 2 amide bonds. The van der Waals surface area contributed by atoms with Crippen LogP contribution in [0.3, 0.4) is 0 Å². The quantitative estimate of drug-likeness (QED) is 0.131. The highest BCUT2D eigenvalue weighted by Crippen LogP contribution is 2.34. The van der Waals surface area contributed by atoms with E-state index in [9.17, 15) is 9.59 Å². The summed E-state index contributed by atoms with van der Waals surface area (Å²) in [7, 11) is 0. The smallest absolute Gasteiger partial charge is 0.265 e. The van der Waals surface area contributed by atoms with Crippen molar-refractivity contribution in [3.05, 3.63) is 92.4 Å². The second-order valence-electron chi connectivity index (χ2n) is 8.92. The minimum atomic E-state index is -0.210. The van der Waals surface area contributed by atoms with Gasteiger partial charge < -0.3 is 0 Å². The van der Waals surface area contributed by atoms with E-state index >= 15 is 0 Å². The fraction of sp³-hybridized carbons (Fsp3) is 0.259. The molecule has 0 fully saturated rings. The number of carbonyl (C=O) groups excluding carboxylic acids is 2. The minimum Gasteiger partial charge on any atom is -0.274 e. The predicted molar refractivity (Wildman–Crippen MR) is 143 cm³/mol. The molecule has 4 aromatic rings. The van der Waals surface area contributed by atoms with Crippen LogP contribution in [-0.4, -0.2) is 33.0 Å². The van der Waals surface area contributed by atoms with Gasteiger partial charge in [-0.1, -0.05) is 70.2 Å². The van der Waals surface area contributed by atoms with Crippen LogP contribution in [0.1, 0.15) is 52.0 Å². The topological polar surface area (TPSA) is 59.1 Å². The van der Waals surface area contributed by atoms with E-state index < -0.39 is 0 Å². The predicted octanol–water partition coefficient (Wildman–Crippen LogP) is 6.30. The van der Waals surface area contributed by atoms with E-state index in [0.717, 1.165) is 53.0 Å². The average molecular weight is 587 g/mol. The van der Waals surface area contributed by atoms with Crippen molar-refractivity contribution >= 4 is 61.7 Å². The SMILES string of the molecule is O=C1c2cccc3c(Br)ccc(c23)C(=O)N1CCCCCCn1c[n+](Cc2ccc(Cl)cc2Cl)cn1. The zero-order chi connectivity index (χ0) is 25.2. The summed E-state index contributed by atoms with van der Waals surface area (Å²) in [5.74, 6) is -0.420. The van der Waals surface area contributed by atoms with Crippen LogP contribution < -0.4 is 4.57 Å². The van der Waals surface area contributed by atoms with Gasteiger partial charge in [0.1, 0.15) is 6.54 Å². The number of imide groups is 1. The third kappa shape index (κ3) is 5.05. The summed E-state index contributed by atoms with van der Waals surface area (Å²) >= 11 is 15.8. The van der Waals surface area contributed by atoms with Gasteiger partial charge in [0.2, 0.25) is 6.33 Å². The van der Waals surface area contributed by atoms with Crippen molar-refractivity contribution < 1.29 is 14.2 Å². The number of amides is 2. The molecule has 1 aromatic heterocycles. The van der Waals surface area contributed by atoms with Gasteiger partial charge in [-0.05, 0) is 48.6 Å². The molecule has 9 heteroatoms. The minimum absolute atomic E-state index is 0.210. The Kier molecular flexibility index (Phi) is 7.42. The van der Waals surface area contributed by atoms with Crippen molar-refractivity contribution in [2.45, 2.75) is 38.8 Å². The van der Waals surface area contributed by atoms with Crippen LogP contribution in [0, 0.1) is 0 Å². The molecule has 3 aromatic carbocycles. The zero-order valence-electron chi connectivity index (χ0n) is 19.5. The standard InChI is InChI=1S/C27H24BrCl2N4O2/c28-23-11-10-22-25-20(23)6-5-7-21(25)26(35)34(27(22)36)13-4-2-1-3-12-33-17-32(16-31-33)15-18-8-9-19(29)14-24(18)30/h5-11,14,16-17H,1-4,12-13,15H2/q+1. The van der Waals surface area contributed by atoms with E-state index in [2.05, 4.69) is 21.0 Å². The van der Waals surface area contributed by atoms with Crippen LogP contribution in [0.25, 0.3) is 10.8 Å². The number of benzene rings is 3. The number of aromatic nitrogens is 3. The Bertz CT molecular complexity index is 1450. The molecule has 0 bridgehead atoms. The molecular formula is C27H24BrCl2N4O2+. The maximum Gasteiger partial charge on any atom is 0.265 e. The molecule has 1 aliphatic heterocycles. The molecule has 0 saturated carbocycles. The van der Waals surface area contributed by atoms with Crippen LogP contribution >= 0.6 is 39.1 Å². The Hall–Kier alpha value is -2.74. The molecule has 0 unspecified atom stereocenters. The first-order valence-electron chi connectivity index (χ1n) is 11.9. The number of halogens is 3. The van der Waals surface area contributed by atoms with Crippen LogP contribution in [0.4, 0.5) is 0 Å². The molecular weight excluding hydrogens is 563 g/mol. The zero-order valence-corrected chi connectivity index (χ0v) is 22.6. The summed E-state index contributed by atoms with van der Waals surface area (Å²) in [6.45, 7) is 1.85. The number of hydrogen-bond acceptors (Lipinski definition) is 3. The molecule has 1 aliphatic rings. The van der Waals surface area contributed by atoms with Crippen LogP contribution in [0.15, 0.2) is 65.7 Å². The summed E-state index contributed by atoms with van der Waals surface area (Å²) < 4.78 is 4.78. The Labute approximate surface area is 227 Å². The number of rotatable bonds is 9. The lowest BCUT2D eigenvalue weighted by atomic mass is 9.94. The molecule has 0 N–H and O–H groups in total. The third-order valence-corrected chi connectivity index (χ3v) is 7.73. The lowest BCUT2D eigenvalue weighted by Crippen LogP contribution is -2.40. The van der Waals surface area contributed by atoms with Crippen molar-refractivity contribution in [1.29, 1.82) is 0 Å². The first kappa shape index (κ1) is 24.9. The van der Waals surface area contributed by atoms with Crippen LogP contribution in [0.2, 0.25) is 10.0 Å². The van der Waals surface area contributed by atoms with Crippen LogP contribution in [-0.2, 0) is 13.1 Å². The Balaban J connectivity index is 1.10. The number of unbranched alkanes of at least 4 members (excludes halogenated alkanes) is 3. The van der Waals surface area contributed by atoms with E-state index in [0.29, 0.717) is 34.3 Å². The van der Waals surface area contributed by atoms with E-state index in [1.807, 2.05) is 45.9 Å². The summed E-state index contributed by atoms with van der Waals surface area (Å²) in [4.78, 5) is 27.5. The van der Waals surface area contributed by atoms with Crippen molar-refractivity contribution in [1.82, 2.24) is 14.7 Å². The van der Waals surface area contributed by atoms with E-state index in [4.69, 9.17) is 23.2 Å². The van der Waals surface area contributed by atoms with Gasteiger partial charge in [0.05, 0.1) is 6.54 Å². The average Bonchev–Trinajstić information content (AvgIpc) is 3.31. The van der Waals surface area contributed by atoms with Crippen molar-refractivity contribution in [2.24, 2.45) is 0 Å². The van der Waals surface area contributed by atoms with Gasteiger partial charge >= 0.3 is 0 Å². The second kappa shape index (κ2) is 10.7. The highest BCUT2D eigenvalue weighted by Gasteiger charge is 2.32. The molecule has 2 heterocycles. The Morgan fingerprint density at radius 2 is 1.64 bits per heavy atom. The molecule has 184 valence electrons. The van der Waals surface area contributed by atoms with Gasteiger partial charge in [0.25, 0.3) is 18.1 Å². The monoisotopic (exact) mass is 585 g/mol. The fourth-order valence-corrected chi connectivity index (χ4v) is 5.55. The van der Waals surface area contributed by atoms with E-state index in [-0.39, 0.29) is 11.8 Å². The summed E-state index contributed by atoms with van der Waals surface area (Å²) in [5, 5.41) is 7.32. The molecule has 0 spiro atoms. The highest BCUT2D eigenvalue weighted by atomic mass is 79.9. The first-order chi connectivity index (χ1) is 17.4. The van der Waals surface area contributed by atoms with E-state index in [1.165, 1.54) is 4.90 Å². The molecule has 6 nitrogen and oxygen atoms in total. The summed E-state index contributed by atoms with van der Waals surface area (Å²) in [6, 6.07) is 14.8. The number of aryl methyl sites for hydroxylation is 1. The maximum absolute atomic E-state index is 13.1. The van der Waals surface area contributed by atoms with Gasteiger partial charge in [-0.15, -0.1) is 4.68 Å². The lowest BCUT2D eigenvalue weighted by molar-refractivity contribution is -0.689. The Morgan fingerprint density at radius 3 is 2.42 bits per heavy atom. The molecule has 36 heavy (non-hydrogen) atoms. The van der Waals surface area contributed by atoms with Crippen LogP contribution in [0.5, 0.6) is 0 Å². The molecule has 0 radical (unpaired) electrons. The van der Waals surface area contributed by atoms with Gasteiger partial charge in [0, 0.05) is 48.2 Å². The van der Waals surface area contributed by atoms with Gasteiger partial charge in [-0.25, -0.2) is 4.57 Å². The molecule has 0 aliphatic carbocycles. The third-order valence-electron chi connectivity index (χ3n) is 6.46. The van der Waals surface area contributed by atoms with E-state index in [1.54, 1.807) is 24.5 Å². The van der Waals surface area contributed by atoms with Crippen molar-refractivity contribution in [3.8, 4) is 0 Å². The highest BCUT2D eigenvalue weighted by molar-refractivity contribution is 9.10. The molecule has 0 atom stereocenters. The maximum atomic E-state index is 13.1. The number of carbonyl (C=O) groups is 2. The van der Waals surface area contributed by atoms with Crippen molar-refractivity contribution in [2.75, 3.05) is 6.54 Å². The normalized spacial score (nSPS) is 13.1. The van der Waals surface area contributed by atoms with Gasteiger partial charge in [-0.2, -0.15) is 0 Å². The lowest BCUT2D eigenvalue weighted by Gasteiger charge is -2.27. The Morgan fingerprint density at radius 1 is 0.889 bits per heavy atom. The fourth-order valence-electron chi connectivity index (χ4n) is 4.62. The summed E-state index contributed by atoms with van der Waals surface area (Å²) in [6.07, 6.45) is 7.39. The van der Waals surface area contributed by atoms with Gasteiger partial charge in [-0.3, -0.25) is 14.5 Å². The number of hydrogen-bond donors (Lipinski definition) is 0. The van der Waals surface area contributed by atoms with Crippen molar-refractivity contribution in [3.63, 3.8) is 0 Å². The molecule has 5 rings (SSSR count). The van der Waals surface area contributed by atoms with Gasteiger partial charge in [0.15, 0.2) is 0 Å². The summed E-state index contributed by atoms with van der Waals surface area (Å²) in [5.41, 5.74) is 2.17. The second-order valence-corrected chi connectivity index (χ2v) is 10.6. The largest absolute Gasteiger partial charge is 0.274 e. The first-order valence-corrected chi connectivity index (χ1v) is 13.4.